The average molecular weight is 384 g/mol. The van der Waals surface area contributed by atoms with Gasteiger partial charge in [0.15, 0.2) is 0 Å². The predicted octanol–water partition coefficient (Wildman–Crippen LogP) is 4.19. The van der Waals surface area contributed by atoms with Gasteiger partial charge in [0.2, 0.25) is 0 Å². The third-order valence-electron chi connectivity index (χ3n) is 4.16. The molecule has 5 heteroatoms. The summed E-state index contributed by atoms with van der Waals surface area (Å²) in [5.74, 6) is 6.23. The molecule has 0 amide bonds. The Bertz CT molecular complexity index is 1250. The van der Waals surface area contributed by atoms with Crippen molar-refractivity contribution in [3.05, 3.63) is 108 Å². The van der Waals surface area contributed by atoms with Crippen LogP contribution in [0.1, 0.15) is 11.1 Å². The van der Waals surface area contributed by atoms with Gasteiger partial charge in [-0.05, 0) is 42.5 Å². The Hall–Kier alpha value is -3.62. The average Bonchev–Trinajstić information content (AvgIpc) is 3.25. The topological polar surface area (TPSA) is 52.0 Å². The summed E-state index contributed by atoms with van der Waals surface area (Å²) >= 11 is 0. The van der Waals surface area contributed by atoms with Gasteiger partial charge in [0.1, 0.15) is 0 Å². The highest BCUT2D eigenvalue weighted by atomic mass is 32.2. The zero-order valence-electron chi connectivity index (χ0n) is 14.9. The fourth-order valence-electron chi connectivity index (χ4n) is 2.69. The van der Waals surface area contributed by atoms with Gasteiger partial charge in [-0.25, -0.2) is 0 Å². The van der Waals surface area contributed by atoms with Gasteiger partial charge in [-0.2, -0.15) is 17.6 Å². The summed E-state index contributed by atoms with van der Waals surface area (Å²) in [4.78, 5) is 0.205. The van der Waals surface area contributed by atoms with Gasteiger partial charge in [0.25, 0.3) is 10.0 Å². The summed E-state index contributed by atoms with van der Waals surface area (Å²) in [6.45, 7) is 0. The van der Waals surface area contributed by atoms with E-state index in [1.54, 1.807) is 36.4 Å². The molecule has 0 spiro atoms. The lowest BCUT2D eigenvalue weighted by atomic mass is 10.1. The van der Waals surface area contributed by atoms with Crippen molar-refractivity contribution in [3.8, 4) is 23.1 Å². The maximum atomic E-state index is 12.6. The number of hydrogen-bond acceptors (Lipinski definition) is 3. The van der Waals surface area contributed by atoms with Crippen molar-refractivity contribution < 1.29 is 8.42 Å². The van der Waals surface area contributed by atoms with Crippen LogP contribution in [-0.4, -0.2) is 17.6 Å². The Balaban J connectivity index is 1.57. The Morgan fingerprint density at radius 3 is 1.89 bits per heavy atom. The normalized spacial score (nSPS) is 10.9. The molecule has 4 aromatic rings. The third-order valence-corrected chi connectivity index (χ3v) is 5.72. The van der Waals surface area contributed by atoms with E-state index in [1.165, 1.54) is 6.20 Å². The number of nitrogens with zero attached hydrogens (tertiary/aromatic N) is 2. The first-order valence-electron chi connectivity index (χ1n) is 8.67. The second kappa shape index (κ2) is 7.55. The van der Waals surface area contributed by atoms with E-state index < -0.39 is 10.0 Å². The summed E-state index contributed by atoms with van der Waals surface area (Å²) in [7, 11) is -3.69. The highest BCUT2D eigenvalue weighted by molar-refractivity contribution is 7.89. The van der Waals surface area contributed by atoms with Crippen LogP contribution in [0.4, 0.5) is 0 Å². The van der Waals surface area contributed by atoms with Crippen LogP contribution < -0.4 is 0 Å². The molecule has 1 aromatic heterocycles. The molecule has 0 unspecified atom stereocenters. The van der Waals surface area contributed by atoms with E-state index in [1.807, 2.05) is 54.6 Å². The van der Waals surface area contributed by atoms with E-state index in [-0.39, 0.29) is 4.90 Å². The maximum absolute atomic E-state index is 12.6. The van der Waals surface area contributed by atoms with Gasteiger partial charge in [0, 0.05) is 22.9 Å². The molecule has 0 radical (unpaired) electrons. The van der Waals surface area contributed by atoms with Crippen molar-refractivity contribution >= 4 is 10.0 Å². The molecule has 28 heavy (non-hydrogen) atoms. The van der Waals surface area contributed by atoms with Crippen molar-refractivity contribution in [2.24, 2.45) is 0 Å². The van der Waals surface area contributed by atoms with Gasteiger partial charge < -0.3 is 0 Å². The molecular weight excluding hydrogens is 368 g/mol. The monoisotopic (exact) mass is 384 g/mol. The molecule has 0 saturated heterocycles. The first-order chi connectivity index (χ1) is 13.6. The molecule has 0 aliphatic carbocycles. The van der Waals surface area contributed by atoms with Crippen LogP contribution in [0.25, 0.3) is 11.3 Å². The SMILES string of the molecule is O=S(=O)(c1ccccc1)n1ccc(-c2ccc(C#Cc3ccccc3)cc2)n1. The van der Waals surface area contributed by atoms with E-state index in [9.17, 15) is 8.42 Å². The Morgan fingerprint density at radius 1 is 0.679 bits per heavy atom. The summed E-state index contributed by atoms with van der Waals surface area (Å²) in [5.41, 5.74) is 3.25. The Labute approximate surface area is 164 Å². The van der Waals surface area contributed by atoms with Crippen LogP contribution in [0.3, 0.4) is 0 Å². The fraction of sp³-hybridized carbons (Fsp3) is 0. The minimum atomic E-state index is -3.69. The second-order valence-corrected chi connectivity index (χ2v) is 7.88. The summed E-state index contributed by atoms with van der Waals surface area (Å²) < 4.78 is 26.3. The first kappa shape index (κ1) is 17.8. The summed E-state index contributed by atoms with van der Waals surface area (Å²) in [6.07, 6.45) is 1.46. The molecule has 0 bridgehead atoms. The van der Waals surface area contributed by atoms with Crippen LogP contribution in [0.15, 0.2) is 102 Å². The van der Waals surface area contributed by atoms with Crippen molar-refractivity contribution in [2.75, 3.05) is 0 Å². The Kier molecular flexibility index (Phi) is 4.79. The van der Waals surface area contributed by atoms with E-state index >= 15 is 0 Å². The first-order valence-corrected chi connectivity index (χ1v) is 10.1. The van der Waals surface area contributed by atoms with E-state index in [0.717, 1.165) is 20.8 Å². The zero-order chi connectivity index (χ0) is 19.4. The maximum Gasteiger partial charge on any atom is 0.282 e. The minimum Gasteiger partial charge on any atom is -0.199 e. The standard InChI is InChI=1S/C23H16N2O2S/c26-28(27,22-9-5-2-6-10-22)25-18-17-23(24-25)21-15-13-20(14-16-21)12-11-19-7-3-1-4-8-19/h1-10,13-18H. The Morgan fingerprint density at radius 2 is 1.25 bits per heavy atom. The van der Waals surface area contributed by atoms with Crippen molar-refractivity contribution in [2.45, 2.75) is 4.90 Å². The number of aromatic nitrogens is 2. The van der Waals surface area contributed by atoms with Gasteiger partial charge in [-0.3, -0.25) is 0 Å². The minimum absolute atomic E-state index is 0.205. The van der Waals surface area contributed by atoms with Crippen LogP contribution >= 0.6 is 0 Å². The number of rotatable bonds is 3. The predicted molar refractivity (Wildman–Crippen MR) is 109 cm³/mol. The third kappa shape index (κ3) is 3.73. The van der Waals surface area contributed by atoms with Gasteiger partial charge in [-0.15, -0.1) is 0 Å². The molecule has 0 aliphatic heterocycles. The van der Waals surface area contributed by atoms with Gasteiger partial charge in [-0.1, -0.05) is 60.4 Å². The molecule has 136 valence electrons. The quantitative estimate of drug-likeness (QED) is 0.498. The molecule has 3 aromatic carbocycles. The lowest BCUT2D eigenvalue weighted by Crippen LogP contribution is -2.13. The number of benzene rings is 3. The summed E-state index contributed by atoms with van der Waals surface area (Å²) in [6, 6.07) is 27.3. The molecule has 1 heterocycles. The highest BCUT2D eigenvalue weighted by Crippen LogP contribution is 2.20. The molecule has 4 nitrogen and oxygen atoms in total. The fourth-order valence-corrected chi connectivity index (χ4v) is 3.82. The molecule has 0 atom stereocenters. The lowest BCUT2D eigenvalue weighted by molar-refractivity contribution is 0.580. The summed E-state index contributed by atoms with van der Waals surface area (Å²) in [5, 5.41) is 4.24. The van der Waals surface area contributed by atoms with Gasteiger partial charge >= 0.3 is 0 Å². The molecule has 0 aliphatic rings. The van der Waals surface area contributed by atoms with E-state index in [2.05, 4.69) is 16.9 Å². The second-order valence-electron chi connectivity index (χ2n) is 6.09. The smallest absolute Gasteiger partial charge is 0.199 e. The van der Waals surface area contributed by atoms with E-state index in [0.29, 0.717) is 5.69 Å². The molecule has 0 fully saturated rings. The zero-order valence-corrected chi connectivity index (χ0v) is 15.7. The van der Waals surface area contributed by atoms with Crippen LogP contribution in [0.5, 0.6) is 0 Å². The largest absolute Gasteiger partial charge is 0.282 e. The lowest BCUT2D eigenvalue weighted by Gasteiger charge is -2.03. The van der Waals surface area contributed by atoms with Crippen LogP contribution in [0, 0.1) is 11.8 Å². The van der Waals surface area contributed by atoms with Crippen LogP contribution in [0.2, 0.25) is 0 Å². The molecule has 4 rings (SSSR count). The van der Waals surface area contributed by atoms with Crippen molar-refractivity contribution in [3.63, 3.8) is 0 Å². The van der Waals surface area contributed by atoms with Gasteiger partial charge in [0.05, 0.1) is 10.6 Å². The molecule has 0 saturated carbocycles. The van der Waals surface area contributed by atoms with Crippen molar-refractivity contribution in [1.29, 1.82) is 0 Å². The number of hydrogen-bond donors (Lipinski definition) is 0. The highest BCUT2D eigenvalue weighted by Gasteiger charge is 2.17. The molecular formula is C23H16N2O2S. The van der Waals surface area contributed by atoms with Crippen molar-refractivity contribution in [1.82, 2.24) is 9.19 Å². The van der Waals surface area contributed by atoms with Crippen LogP contribution in [-0.2, 0) is 10.0 Å². The molecule has 0 N–H and O–H groups in total. The van der Waals surface area contributed by atoms with E-state index in [4.69, 9.17) is 0 Å².